The van der Waals surface area contributed by atoms with Gasteiger partial charge in [0, 0.05) is 4.88 Å². The fourth-order valence-electron chi connectivity index (χ4n) is 4.54. The normalized spacial score (nSPS) is 13.0. The second kappa shape index (κ2) is 12.6. The zero-order valence-electron chi connectivity index (χ0n) is 22.8. The second-order valence-corrected chi connectivity index (χ2v) is 11.5. The van der Waals surface area contributed by atoms with E-state index in [4.69, 9.17) is 13.9 Å². The average molecular weight is 596 g/mol. The zero-order chi connectivity index (χ0) is 28.9. The number of ether oxygens (including phenoxy) is 2. The van der Waals surface area contributed by atoms with Crippen LogP contribution in [0.3, 0.4) is 0 Å². The molecule has 3 heterocycles. The van der Waals surface area contributed by atoms with Gasteiger partial charge in [-0.3, -0.25) is 14.2 Å². The first kappa shape index (κ1) is 28.4. The van der Waals surface area contributed by atoms with Gasteiger partial charge in [-0.1, -0.05) is 23.9 Å². The molecule has 5 rings (SSSR count). The maximum Gasteiger partial charge on any atom is 0.341 e. The minimum Gasteiger partial charge on any atom is -0.495 e. The minimum absolute atomic E-state index is 0.0510. The summed E-state index contributed by atoms with van der Waals surface area (Å²) in [4.78, 5) is 39.7. The van der Waals surface area contributed by atoms with Gasteiger partial charge < -0.3 is 24.5 Å². The Bertz CT molecular complexity index is 1560. The third-order valence-corrected chi connectivity index (χ3v) is 8.72. The molecule has 0 aliphatic heterocycles. The molecule has 0 saturated heterocycles. The summed E-state index contributed by atoms with van der Waals surface area (Å²) >= 11 is 2.63. The van der Waals surface area contributed by atoms with E-state index in [-0.39, 0.29) is 24.8 Å². The Labute approximate surface area is 244 Å². The molecule has 2 amide bonds. The molecule has 0 bridgehead atoms. The Morgan fingerprint density at radius 2 is 2.00 bits per heavy atom. The Morgan fingerprint density at radius 3 is 2.76 bits per heavy atom. The molecule has 0 unspecified atom stereocenters. The number of nitrogens with one attached hydrogen (secondary N) is 2. The maximum absolute atomic E-state index is 13.4. The summed E-state index contributed by atoms with van der Waals surface area (Å²) in [5, 5.41) is 14.7. The van der Waals surface area contributed by atoms with E-state index in [9.17, 15) is 14.4 Å². The van der Waals surface area contributed by atoms with Gasteiger partial charge in [-0.05, 0) is 62.9 Å². The van der Waals surface area contributed by atoms with Crippen LogP contribution in [0, 0.1) is 0 Å². The Morgan fingerprint density at radius 1 is 1.17 bits per heavy atom. The Kier molecular flexibility index (Phi) is 8.74. The summed E-state index contributed by atoms with van der Waals surface area (Å²) in [6.07, 6.45) is 4.08. The van der Waals surface area contributed by atoms with Gasteiger partial charge in [-0.2, -0.15) is 0 Å². The highest BCUT2D eigenvalue weighted by Crippen LogP contribution is 2.40. The van der Waals surface area contributed by atoms with Crippen LogP contribution in [0.15, 0.2) is 52.2 Å². The fourth-order valence-corrected chi connectivity index (χ4v) is 6.70. The zero-order valence-corrected chi connectivity index (χ0v) is 24.4. The van der Waals surface area contributed by atoms with Crippen molar-refractivity contribution in [3.8, 4) is 11.4 Å². The summed E-state index contributed by atoms with van der Waals surface area (Å²) in [6.45, 7) is 3.82. The number of methoxy groups -OCH3 is 1. The Balaban J connectivity index is 1.38. The van der Waals surface area contributed by atoms with Gasteiger partial charge in [0.2, 0.25) is 5.91 Å². The van der Waals surface area contributed by atoms with Crippen LogP contribution in [-0.2, 0) is 28.9 Å². The molecule has 1 aromatic carbocycles. The van der Waals surface area contributed by atoms with Gasteiger partial charge in [-0.15, -0.1) is 21.5 Å². The molecule has 11 nitrogen and oxygen atoms in total. The molecule has 2 N–H and O–H groups in total. The van der Waals surface area contributed by atoms with Gasteiger partial charge in [0.05, 0.1) is 43.0 Å². The third kappa shape index (κ3) is 6.00. The van der Waals surface area contributed by atoms with Crippen molar-refractivity contribution in [2.24, 2.45) is 0 Å². The summed E-state index contributed by atoms with van der Waals surface area (Å²) in [5.41, 5.74) is 2.08. The molecule has 214 valence electrons. The van der Waals surface area contributed by atoms with E-state index in [1.54, 1.807) is 43.7 Å². The van der Waals surface area contributed by atoms with Gasteiger partial charge in [0.25, 0.3) is 5.91 Å². The van der Waals surface area contributed by atoms with Crippen LogP contribution < -0.4 is 15.4 Å². The molecular weight excluding hydrogens is 566 g/mol. The number of hydrogen-bond acceptors (Lipinski definition) is 10. The van der Waals surface area contributed by atoms with Crippen molar-refractivity contribution in [1.29, 1.82) is 0 Å². The van der Waals surface area contributed by atoms with Crippen molar-refractivity contribution in [3.63, 3.8) is 0 Å². The highest BCUT2D eigenvalue weighted by molar-refractivity contribution is 8.00. The number of hydrogen-bond donors (Lipinski definition) is 2. The number of carbonyl (C=O) groups excluding carboxylic acids is 3. The molecule has 0 saturated carbocycles. The van der Waals surface area contributed by atoms with E-state index in [0.717, 1.165) is 29.7 Å². The first-order valence-corrected chi connectivity index (χ1v) is 14.8. The maximum atomic E-state index is 13.4. The lowest BCUT2D eigenvalue weighted by Gasteiger charge is -2.16. The lowest BCUT2D eigenvalue weighted by molar-refractivity contribution is -0.115. The number of para-hydroxylation sites is 2. The molecule has 13 heteroatoms. The van der Waals surface area contributed by atoms with Crippen LogP contribution in [0.1, 0.15) is 57.4 Å². The fraction of sp³-hybridized carbons (Fsp3) is 0.321. The van der Waals surface area contributed by atoms with Crippen molar-refractivity contribution >= 4 is 45.9 Å². The number of thiophene rings is 1. The number of amides is 2. The number of aryl methyl sites for hydroxylation is 1. The van der Waals surface area contributed by atoms with E-state index in [0.29, 0.717) is 33.0 Å². The van der Waals surface area contributed by atoms with Crippen LogP contribution in [0.4, 0.5) is 5.00 Å². The van der Waals surface area contributed by atoms with Crippen molar-refractivity contribution in [1.82, 2.24) is 20.1 Å². The van der Waals surface area contributed by atoms with Crippen LogP contribution in [0.2, 0.25) is 0 Å². The van der Waals surface area contributed by atoms with Crippen LogP contribution in [0.5, 0.6) is 5.75 Å². The average Bonchev–Trinajstić information content (AvgIpc) is 3.77. The van der Waals surface area contributed by atoms with Gasteiger partial charge >= 0.3 is 5.97 Å². The molecule has 1 atom stereocenters. The van der Waals surface area contributed by atoms with Gasteiger partial charge in [0.1, 0.15) is 10.8 Å². The monoisotopic (exact) mass is 595 g/mol. The molecule has 4 aromatic rings. The second-order valence-electron chi connectivity index (χ2n) is 9.10. The highest BCUT2D eigenvalue weighted by atomic mass is 32.2. The first-order valence-electron chi connectivity index (χ1n) is 13.1. The molecule has 1 aliphatic carbocycles. The molecule has 41 heavy (non-hydrogen) atoms. The molecule has 0 spiro atoms. The van der Waals surface area contributed by atoms with E-state index in [2.05, 4.69) is 20.8 Å². The highest BCUT2D eigenvalue weighted by Gasteiger charge is 2.30. The van der Waals surface area contributed by atoms with E-state index in [1.165, 1.54) is 29.4 Å². The number of benzene rings is 1. The van der Waals surface area contributed by atoms with Crippen molar-refractivity contribution in [3.05, 3.63) is 70.3 Å². The predicted octanol–water partition coefficient (Wildman–Crippen LogP) is 4.65. The minimum atomic E-state index is -0.606. The van der Waals surface area contributed by atoms with E-state index < -0.39 is 17.1 Å². The number of anilines is 1. The Hall–Kier alpha value is -4.10. The number of thioether (sulfide) groups is 1. The molecular formula is C28H29N5O6S2. The molecule has 1 aliphatic rings. The lowest BCUT2D eigenvalue weighted by Crippen LogP contribution is -2.25. The van der Waals surface area contributed by atoms with Gasteiger partial charge in [0.15, 0.2) is 16.7 Å². The lowest BCUT2D eigenvalue weighted by atomic mass is 10.1. The number of carbonyl (C=O) groups is 3. The van der Waals surface area contributed by atoms with Crippen LogP contribution in [-0.4, -0.2) is 51.5 Å². The van der Waals surface area contributed by atoms with Crippen LogP contribution >= 0.6 is 23.1 Å². The predicted molar refractivity (Wildman–Crippen MR) is 154 cm³/mol. The van der Waals surface area contributed by atoms with E-state index in [1.807, 2.05) is 18.2 Å². The summed E-state index contributed by atoms with van der Waals surface area (Å²) in [7, 11) is 1.56. The molecule has 3 aromatic heterocycles. The van der Waals surface area contributed by atoms with Crippen molar-refractivity contribution in [2.45, 2.75) is 50.1 Å². The number of rotatable bonds is 11. The smallest absolute Gasteiger partial charge is 0.341 e. The number of aromatic nitrogens is 3. The largest absolute Gasteiger partial charge is 0.495 e. The van der Waals surface area contributed by atoms with Crippen molar-refractivity contribution < 1.29 is 28.3 Å². The summed E-state index contributed by atoms with van der Waals surface area (Å²) in [6, 6.07) is 10.5. The quantitative estimate of drug-likeness (QED) is 0.188. The SMILES string of the molecule is CCOC(=O)c1c(NC(=O)[C@@H](C)Sc2nnc(CNC(=O)c3ccco3)n2-c2ccccc2OC)sc2c1CCC2. The van der Waals surface area contributed by atoms with E-state index >= 15 is 0 Å². The molecule has 0 fully saturated rings. The summed E-state index contributed by atoms with van der Waals surface area (Å²) in [5.74, 6) is 0.0741. The van der Waals surface area contributed by atoms with Crippen molar-refractivity contribution in [2.75, 3.05) is 19.0 Å². The standard InChI is InChI=1S/C28H29N5O6S2/c1-4-38-27(36)23-17-9-7-13-21(17)41-26(23)30-24(34)16(2)40-28-32-31-22(15-29-25(35)20-12-8-14-39-20)33(28)18-10-5-6-11-19(18)37-3/h5-6,8,10-12,14,16H,4,7,9,13,15H2,1-3H3,(H,29,35)(H,30,34)/t16-/m1/s1. The number of esters is 1. The number of fused-ring (bicyclic) bond motifs is 1. The topological polar surface area (TPSA) is 138 Å². The first-order chi connectivity index (χ1) is 19.9. The summed E-state index contributed by atoms with van der Waals surface area (Å²) < 4.78 is 17.8. The molecule has 0 radical (unpaired) electrons. The van der Waals surface area contributed by atoms with Gasteiger partial charge in [-0.25, -0.2) is 4.79 Å². The number of furan rings is 1. The van der Waals surface area contributed by atoms with Crippen LogP contribution in [0.25, 0.3) is 5.69 Å². The third-order valence-electron chi connectivity index (χ3n) is 6.47. The number of nitrogens with zero attached hydrogens (tertiary/aromatic N) is 3.